The first-order valence-electron chi connectivity index (χ1n) is 11.9. The van der Waals surface area contributed by atoms with Crippen LogP contribution in [0.15, 0.2) is 59.8 Å². The number of carbonyl (C=O) groups is 1. The third kappa shape index (κ3) is 5.71. The number of H-pyrrole nitrogens is 1. The minimum Gasteiger partial charge on any atom is -0.494 e. The van der Waals surface area contributed by atoms with Gasteiger partial charge >= 0.3 is 0 Å². The molecule has 202 valence electrons. The van der Waals surface area contributed by atoms with Gasteiger partial charge in [0.15, 0.2) is 5.88 Å². The van der Waals surface area contributed by atoms with Gasteiger partial charge in [0, 0.05) is 55.0 Å². The maximum absolute atomic E-state index is 13.0. The highest BCUT2D eigenvalue weighted by Crippen LogP contribution is 2.36. The topological polar surface area (TPSA) is 155 Å². The number of nitrogens with zero attached hydrogens (tertiary/aromatic N) is 5. The lowest BCUT2D eigenvalue weighted by Crippen LogP contribution is -2.47. The number of carbonyl (C=O) groups excluding carboxylic acids is 1. The molecule has 5 rings (SSSR count). The van der Waals surface area contributed by atoms with E-state index in [1.165, 1.54) is 22.8 Å². The molecule has 3 N–H and O–H groups in total. The van der Waals surface area contributed by atoms with Crippen LogP contribution in [0.25, 0.3) is 22.2 Å². The fourth-order valence-corrected chi connectivity index (χ4v) is 5.67. The monoisotopic (exact) mass is 567 g/mol. The van der Waals surface area contributed by atoms with E-state index in [9.17, 15) is 18.3 Å². The lowest BCUT2D eigenvalue weighted by molar-refractivity contribution is 0.0950. The number of aromatic nitrogens is 3. The summed E-state index contributed by atoms with van der Waals surface area (Å²) in [5.74, 6) is -0.479. The van der Waals surface area contributed by atoms with Gasteiger partial charge in [-0.15, -0.1) is 12.4 Å². The molecule has 1 saturated heterocycles. The Bertz CT molecular complexity index is 1640. The summed E-state index contributed by atoms with van der Waals surface area (Å²) >= 11 is 0. The molecule has 4 heterocycles. The second-order valence-corrected chi connectivity index (χ2v) is 11.0. The van der Waals surface area contributed by atoms with E-state index in [0.717, 1.165) is 0 Å². The standard InChI is InChI=1S/C26H25N7O4S.ClH/c1-32-8-10-33(11-9-32)38(36,37)20-5-7-23(29-16-20)24-21-12-18(3-6-22(21)31-26(24)35)25(34)30-15-19-4-2-17(13-27)14-28-19;/h2-7,12,14,16,31,35H,8-11,15H2,1H3,(H,30,34);1H. The van der Waals surface area contributed by atoms with E-state index in [1.807, 2.05) is 13.1 Å². The number of pyridine rings is 2. The van der Waals surface area contributed by atoms with E-state index in [1.54, 1.807) is 36.4 Å². The minimum absolute atomic E-state index is 0. The fraction of sp³-hybridized carbons (Fsp3) is 0.231. The average molecular weight is 568 g/mol. The maximum Gasteiger partial charge on any atom is 0.251 e. The zero-order valence-corrected chi connectivity index (χ0v) is 22.6. The van der Waals surface area contributed by atoms with Crippen molar-refractivity contribution in [3.05, 3.63) is 71.7 Å². The van der Waals surface area contributed by atoms with Crippen LogP contribution >= 0.6 is 12.4 Å². The van der Waals surface area contributed by atoms with E-state index < -0.39 is 10.0 Å². The van der Waals surface area contributed by atoms with Crippen LogP contribution in [0.4, 0.5) is 0 Å². The lowest BCUT2D eigenvalue weighted by Gasteiger charge is -2.31. The van der Waals surface area contributed by atoms with E-state index in [0.29, 0.717) is 65.2 Å². The Morgan fingerprint density at radius 2 is 1.87 bits per heavy atom. The molecule has 1 aliphatic rings. The molecule has 0 radical (unpaired) electrons. The third-order valence-corrected chi connectivity index (χ3v) is 8.40. The van der Waals surface area contributed by atoms with Gasteiger partial charge in [-0.3, -0.25) is 14.8 Å². The number of hydrogen-bond acceptors (Lipinski definition) is 8. The van der Waals surface area contributed by atoms with E-state index in [4.69, 9.17) is 5.26 Å². The molecule has 1 aromatic carbocycles. The van der Waals surface area contributed by atoms with Crippen LogP contribution in [-0.4, -0.2) is 76.8 Å². The van der Waals surface area contributed by atoms with Crippen molar-refractivity contribution < 1.29 is 18.3 Å². The molecule has 13 heteroatoms. The summed E-state index contributed by atoms with van der Waals surface area (Å²) in [5.41, 5.74) is 2.73. The smallest absolute Gasteiger partial charge is 0.251 e. The van der Waals surface area contributed by atoms with Crippen LogP contribution in [0.2, 0.25) is 0 Å². The maximum atomic E-state index is 13.0. The van der Waals surface area contributed by atoms with Gasteiger partial charge in [-0.1, -0.05) is 0 Å². The number of hydrogen-bond donors (Lipinski definition) is 3. The van der Waals surface area contributed by atoms with Crippen LogP contribution < -0.4 is 5.32 Å². The van der Waals surface area contributed by atoms with Crippen LogP contribution in [0.5, 0.6) is 5.88 Å². The predicted octanol–water partition coefficient (Wildman–Crippen LogP) is 2.49. The van der Waals surface area contributed by atoms with Gasteiger partial charge in [0.05, 0.1) is 29.1 Å². The number of benzene rings is 1. The number of nitriles is 1. The SMILES string of the molecule is CN1CCN(S(=O)(=O)c2ccc(-c3c(O)[nH]c4ccc(C(=O)NCc5ccc(C#N)cn5)cc34)nc2)CC1.Cl. The molecular formula is C26H26ClN7O4S. The van der Waals surface area contributed by atoms with Gasteiger partial charge in [-0.05, 0) is 49.5 Å². The zero-order valence-electron chi connectivity index (χ0n) is 21.0. The van der Waals surface area contributed by atoms with Crippen molar-refractivity contribution in [2.45, 2.75) is 11.4 Å². The number of amides is 1. The van der Waals surface area contributed by atoms with Gasteiger partial charge in [0.2, 0.25) is 10.0 Å². The number of aromatic amines is 1. The first kappa shape index (κ1) is 28.0. The Labute approximate surface area is 231 Å². The number of sulfonamides is 1. The molecule has 0 saturated carbocycles. The van der Waals surface area contributed by atoms with Gasteiger partial charge < -0.3 is 20.3 Å². The Morgan fingerprint density at radius 3 is 2.51 bits per heavy atom. The van der Waals surface area contributed by atoms with Gasteiger partial charge in [0.25, 0.3) is 5.91 Å². The molecule has 0 atom stereocenters. The molecule has 4 aromatic rings. The van der Waals surface area contributed by atoms with Crippen molar-refractivity contribution in [1.82, 2.24) is 29.5 Å². The van der Waals surface area contributed by atoms with Crippen molar-refractivity contribution >= 4 is 39.2 Å². The first-order chi connectivity index (χ1) is 18.3. The Kier molecular flexibility index (Phi) is 8.17. The highest BCUT2D eigenvalue weighted by molar-refractivity contribution is 7.89. The van der Waals surface area contributed by atoms with E-state index in [2.05, 4.69) is 25.2 Å². The molecule has 1 aliphatic heterocycles. The molecule has 0 unspecified atom stereocenters. The van der Waals surface area contributed by atoms with Crippen molar-refractivity contribution in [2.75, 3.05) is 33.2 Å². The summed E-state index contributed by atoms with van der Waals surface area (Å²) in [5, 5.41) is 22.9. The summed E-state index contributed by atoms with van der Waals surface area (Å²) in [7, 11) is -1.72. The molecule has 1 amide bonds. The molecule has 11 nitrogen and oxygen atoms in total. The lowest BCUT2D eigenvalue weighted by atomic mass is 10.1. The molecular weight excluding hydrogens is 542 g/mol. The molecule has 1 fully saturated rings. The number of piperazine rings is 1. The van der Waals surface area contributed by atoms with E-state index in [-0.39, 0.29) is 35.6 Å². The molecule has 0 spiro atoms. The van der Waals surface area contributed by atoms with Crippen molar-refractivity contribution in [1.29, 1.82) is 5.26 Å². The Morgan fingerprint density at radius 1 is 1.10 bits per heavy atom. The zero-order chi connectivity index (χ0) is 26.9. The summed E-state index contributed by atoms with van der Waals surface area (Å²) in [6.07, 6.45) is 2.74. The first-order valence-corrected chi connectivity index (χ1v) is 13.3. The molecule has 0 aliphatic carbocycles. The molecule has 3 aromatic heterocycles. The quantitative estimate of drug-likeness (QED) is 0.321. The van der Waals surface area contributed by atoms with Gasteiger partial charge in [0.1, 0.15) is 11.0 Å². The normalized spacial score (nSPS) is 14.5. The summed E-state index contributed by atoms with van der Waals surface area (Å²) in [4.78, 5) is 26.3. The Hall–Kier alpha value is -4.02. The summed E-state index contributed by atoms with van der Waals surface area (Å²) in [6, 6.07) is 13.3. The van der Waals surface area contributed by atoms with Crippen LogP contribution in [-0.2, 0) is 16.6 Å². The van der Waals surface area contributed by atoms with Crippen LogP contribution in [0, 0.1) is 11.3 Å². The number of nitrogens with one attached hydrogen (secondary N) is 2. The van der Waals surface area contributed by atoms with Crippen molar-refractivity contribution in [3.8, 4) is 23.2 Å². The second kappa shape index (κ2) is 11.4. The fourth-order valence-electron chi connectivity index (χ4n) is 4.30. The van der Waals surface area contributed by atoms with Crippen LogP contribution in [0.1, 0.15) is 21.6 Å². The van der Waals surface area contributed by atoms with Gasteiger partial charge in [-0.2, -0.15) is 9.57 Å². The summed E-state index contributed by atoms with van der Waals surface area (Å²) in [6.45, 7) is 2.33. The highest BCUT2D eigenvalue weighted by Gasteiger charge is 2.28. The number of aromatic hydroxyl groups is 1. The number of fused-ring (bicyclic) bond motifs is 1. The highest BCUT2D eigenvalue weighted by atomic mass is 35.5. The minimum atomic E-state index is -3.67. The van der Waals surface area contributed by atoms with Gasteiger partial charge in [-0.25, -0.2) is 8.42 Å². The average Bonchev–Trinajstić information content (AvgIpc) is 3.27. The van der Waals surface area contributed by atoms with Crippen LogP contribution in [0.3, 0.4) is 0 Å². The number of likely N-dealkylation sites (N-methyl/N-ethyl adjacent to an activating group) is 1. The molecule has 39 heavy (non-hydrogen) atoms. The summed E-state index contributed by atoms with van der Waals surface area (Å²) < 4.78 is 27.5. The van der Waals surface area contributed by atoms with E-state index >= 15 is 0 Å². The third-order valence-electron chi connectivity index (χ3n) is 6.52. The largest absolute Gasteiger partial charge is 0.494 e. The van der Waals surface area contributed by atoms with Crippen molar-refractivity contribution in [3.63, 3.8) is 0 Å². The number of halogens is 1. The Balaban J connectivity index is 0.00000353. The number of rotatable bonds is 6. The van der Waals surface area contributed by atoms with Crippen molar-refractivity contribution in [2.24, 2.45) is 0 Å². The second-order valence-electron chi connectivity index (χ2n) is 9.03. The predicted molar refractivity (Wildman–Crippen MR) is 147 cm³/mol. The molecule has 0 bridgehead atoms.